The number of methoxy groups -OCH3 is 1. The largest absolute Gasteiger partial charge is 0.508 e. The lowest BCUT2D eigenvalue weighted by molar-refractivity contribution is -0.140. The number of carbonyl (C=O) groups is 2. The minimum absolute atomic E-state index is 0.125. The molecule has 2 aromatic rings. The molecule has 0 bridgehead atoms. The van der Waals surface area contributed by atoms with Gasteiger partial charge in [0.25, 0.3) is 5.91 Å². The molecule has 2 aromatic carbocycles. The number of aryl methyl sites for hydroxylation is 1. The number of rotatable bonds is 5. The third-order valence-corrected chi connectivity index (χ3v) is 4.85. The van der Waals surface area contributed by atoms with Crippen LogP contribution in [-0.2, 0) is 20.7 Å². The van der Waals surface area contributed by atoms with Crippen molar-refractivity contribution >= 4 is 41.0 Å². The number of esters is 1. The van der Waals surface area contributed by atoms with E-state index in [-0.39, 0.29) is 29.0 Å². The third-order valence-electron chi connectivity index (χ3n) is 4.45. The van der Waals surface area contributed by atoms with Gasteiger partial charge in [0.05, 0.1) is 12.8 Å². The Kier molecular flexibility index (Phi) is 5.75. The second-order valence-electron chi connectivity index (χ2n) is 6.23. The van der Waals surface area contributed by atoms with Gasteiger partial charge in [-0.15, -0.1) is 0 Å². The van der Waals surface area contributed by atoms with Crippen molar-refractivity contribution in [1.29, 1.82) is 0 Å². The predicted molar refractivity (Wildman–Crippen MR) is 111 cm³/mol. The zero-order valence-electron chi connectivity index (χ0n) is 15.6. The summed E-state index contributed by atoms with van der Waals surface area (Å²) in [5, 5.41) is 9.67. The van der Waals surface area contributed by atoms with Gasteiger partial charge in [-0.05, 0) is 60.1 Å². The van der Waals surface area contributed by atoms with Gasteiger partial charge in [0.15, 0.2) is 5.11 Å². The van der Waals surface area contributed by atoms with Gasteiger partial charge < -0.3 is 14.7 Å². The highest BCUT2D eigenvalue weighted by molar-refractivity contribution is 7.80. The van der Waals surface area contributed by atoms with Crippen molar-refractivity contribution in [2.24, 2.45) is 0 Å². The topological polar surface area (TPSA) is 70.1 Å². The minimum atomic E-state index is -0.505. The number of thiocarbonyl (C=S) groups is 1. The van der Waals surface area contributed by atoms with Crippen molar-refractivity contribution in [3.63, 3.8) is 0 Å². The molecule has 0 spiro atoms. The van der Waals surface area contributed by atoms with E-state index in [1.54, 1.807) is 18.2 Å². The highest BCUT2D eigenvalue weighted by Crippen LogP contribution is 2.29. The number of benzene rings is 2. The Morgan fingerprint density at radius 3 is 2.36 bits per heavy atom. The van der Waals surface area contributed by atoms with Crippen LogP contribution >= 0.6 is 12.2 Å². The molecular formula is C21H20N2O4S. The van der Waals surface area contributed by atoms with Gasteiger partial charge >= 0.3 is 5.97 Å². The number of carbonyl (C=O) groups excluding carboxylic acids is 2. The maximum atomic E-state index is 13.1. The number of amides is 1. The number of nitrogens with zero attached hydrogens (tertiary/aromatic N) is 2. The van der Waals surface area contributed by atoms with Crippen molar-refractivity contribution in [1.82, 2.24) is 4.90 Å². The van der Waals surface area contributed by atoms with Gasteiger partial charge in [-0.25, -0.2) is 0 Å². The summed E-state index contributed by atoms with van der Waals surface area (Å²) in [6, 6.07) is 14.0. The van der Waals surface area contributed by atoms with Crippen molar-refractivity contribution in [3.05, 3.63) is 65.4 Å². The van der Waals surface area contributed by atoms with Crippen LogP contribution in [0.2, 0.25) is 0 Å². The maximum Gasteiger partial charge on any atom is 0.325 e. The van der Waals surface area contributed by atoms with E-state index in [9.17, 15) is 14.7 Å². The molecule has 1 saturated heterocycles. The molecule has 0 radical (unpaired) electrons. The van der Waals surface area contributed by atoms with Crippen molar-refractivity contribution in [2.75, 3.05) is 18.6 Å². The van der Waals surface area contributed by atoms with E-state index in [4.69, 9.17) is 17.0 Å². The van der Waals surface area contributed by atoms with E-state index in [1.807, 2.05) is 24.3 Å². The highest BCUT2D eigenvalue weighted by atomic mass is 32.1. The minimum Gasteiger partial charge on any atom is -0.508 e. The van der Waals surface area contributed by atoms with Crippen LogP contribution in [0.5, 0.6) is 5.75 Å². The van der Waals surface area contributed by atoms with Crippen molar-refractivity contribution in [2.45, 2.75) is 13.3 Å². The molecule has 1 aliphatic rings. The molecule has 6 nitrogen and oxygen atoms in total. The third kappa shape index (κ3) is 3.89. The molecular weight excluding hydrogens is 376 g/mol. The van der Waals surface area contributed by atoms with Gasteiger partial charge in [0.1, 0.15) is 18.0 Å². The van der Waals surface area contributed by atoms with Crippen molar-refractivity contribution < 1.29 is 19.4 Å². The van der Waals surface area contributed by atoms with Gasteiger partial charge in [-0.1, -0.05) is 31.2 Å². The second-order valence-corrected chi connectivity index (χ2v) is 6.59. The highest BCUT2D eigenvalue weighted by Gasteiger charge is 2.40. The summed E-state index contributed by atoms with van der Waals surface area (Å²) in [7, 11) is 1.29. The van der Waals surface area contributed by atoms with Crippen LogP contribution in [-0.4, -0.2) is 40.6 Å². The molecule has 1 fully saturated rings. The van der Waals surface area contributed by atoms with Crippen LogP contribution in [0.15, 0.2) is 54.2 Å². The molecule has 7 heteroatoms. The summed E-state index contributed by atoms with van der Waals surface area (Å²) < 4.78 is 4.75. The molecule has 28 heavy (non-hydrogen) atoms. The quantitative estimate of drug-likeness (QED) is 0.476. The van der Waals surface area contributed by atoms with E-state index < -0.39 is 5.97 Å². The lowest BCUT2D eigenvalue weighted by atomic mass is 10.1. The van der Waals surface area contributed by atoms with Crippen LogP contribution in [0.4, 0.5) is 5.69 Å². The zero-order valence-corrected chi connectivity index (χ0v) is 16.4. The smallest absolute Gasteiger partial charge is 0.325 e. The number of phenolic OH excluding ortho intramolecular Hbond substituents is 1. The zero-order chi connectivity index (χ0) is 20.3. The van der Waals surface area contributed by atoms with Crippen LogP contribution in [0, 0.1) is 0 Å². The maximum absolute atomic E-state index is 13.1. The fraction of sp³-hybridized carbons (Fsp3) is 0.190. The average molecular weight is 396 g/mol. The number of phenols is 1. The number of hydrogen-bond acceptors (Lipinski definition) is 5. The van der Waals surface area contributed by atoms with Crippen LogP contribution < -0.4 is 4.90 Å². The molecule has 1 aliphatic heterocycles. The second kappa shape index (κ2) is 8.22. The molecule has 0 aromatic heterocycles. The number of ether oxygens (including phenoxy) is 1. The Hall–Kier alpha value is -3.19. The van der Waals surface area contributed by atoms with Gasteiger partial charge in [-0.2, -0.15) is 0 Å². The van der Waals surface area contributed by atoms with Gasteiger partial charge in [0.2, 0.25) is 0 Å². The molecule has 0 unspecified atom stereocenters. The molecule has 1 heterocycles. The summed E-state index contributed by atoms with van der Waals surface area (Å²) in [6.07, 6.45) is 2.52. The van der Waals surface area contributed by atoms with Crippen LogP contribution in [0.25, 0.3) is 6.08 Å². The number of hydrogen-bond donors (Lipinski definition) is 1. The first-order chi connectivity index (χ1) is 13.4. The van der Waals surface area contributed by atoms with Crippen molar-refractivity contribution in [3.8, 4) is 5.75 Å². The SMILES string of the molecule is CCc1ccc(N2C(=O)/C(=C/c3ccc(O)cc3)N(CC(=O)OC)C2=S)cc1. The Morgan fingerprint density at radius 2 is 1.79 bits per heavy atom. The summed E-state index contributed by atoms with van der Waals surface area (Å²) in [5.41, 5.74) is 2.74. The first kappa shape index (κ1) is 19.6. The van der Waals surface area contributed by atoms with Gasteiger partial charge in [-0.3, -0.25) is 14.5 Å². The molecule has 0 atom stereocenters. The van der Waals surface area contributed by atoms with Crippen LogP contribution in [0.1, 0.15) is 18.1 Å². The number of aromatic hydroxyl groups is 1. The lowest BCUT2D eigenvalue weighted by Gasteiger charge is -2.19. The molecule has 1 amide bonds. The standard InChI is InChI=1S/C21H20N2O4S/c1-3-14-4-8-16(9-5-14)23-20(26)18(12-15-6-10-17(24)11-7-15)22(21(23)28)13-19(25)27-2/h4-12,24H,3,13H2,1-2H3/b18-12-. The fourth-order valence-electron chi connectivity index (χ4n) is 2.86. The fourth-order valence-corrected chi connectivity index (χ4v) is 3.21. The predicted octanol–water partition coefficient (Wildman–Crippen LogP) is 3.10. The summed E-state index contributed by atoms with van der Waals surface area (Å²) in [4.78, 5) is 27.9. The number of anilines is 1. The summed E-state index contributed by atoms with van der Waals surface area (Å²) in [6.45, 7) is 1.88. The van der Waals surface area contributed by atoms with E-state index in [1.165, 1.54) is 29.0 Å². The molecule has 0 saturated carbocycles. The molecule has 1 N–H and O–H groups in total. The first-order valence-electron chi connectivity index (χ1n) is 8.77. The van der Waals surface area contributed by atoms with E-state index >= 15 is 0 Å². The summed E-state index contributed by atoms with van der Waals surface area (Å²) >= 11 is 5.51. The monoisotopic (exact) mass is 396 g/mol. The molecule has 144 valence electrons. The first-order valence-corrected chi connectivity index (χ1v) is 9.18. The van der Waals surface area contributed by atoms with E-state index in [2.05, 4.69) is 6.92 Å². The molecule has 0 aliphatic carbocycles. The Bertz CT molecular complexity index is 936. The van der Waals surface area contributed by atoms with Crippen LogP contribution in [0.3, 0.4) is 0 Å². The Labute approximate surface area is 168 Å². The average Bonchev–Trinajstić information content (AvgIpc) is 2.93. The normalized spacial score (nSPS) is 15.4. The lowest BCUT2D eigenvalue weighted by Crippen LogP contribution is -2.35. The van der Waals surface area contributed by atoms with E-state index in [0.717, 1.165) is 12.0 Å². The summed E-state index contributed by atoms with van der Waals surface area (Å²) in [5.74, 6) is -0.708. The Balaban J connectivity index is 2.01. The molecule has 3 rings (SSSR count). The Morgan fingerprint density at radius 1 is 1.14 bits per heavy atom. The van der Waals surface area contributed by atoms with Gasteiger partial charge in [0, 0.05) is 0 Å². The van der Waals surface area contributed by atoms with E-state index in [0.29, 0.717) is 11.3 Å².